The summed E-state index contributed by atoms with van der Waals surface area (Å²) in [5.41, 5.74) is -0.446. The van der Waals surface area contributed by atoms with E-state index in [4.69, 9.17) is 0 Å². The van der Waals surface area contributed by atoms with E-state index in [1.807, 2.05) is 42.5 Å². The lowest BCUT2D eigenvalue weighted by atomic mass is 9.88. The Bertz CT molecular complexity index is 1070. The van der Waals surface area contributed by atoms with Crippen molar-refractivity contribution >= 4 is 28.6 Å². The van der Waals surface area contributed by atoms with E-state index >= 15 is 0 Å². The van der Waals surface area contributed by atoms with Crippen molar-refractivity contribution in [1.82, 2.24) is 15.1 Å². The number of amides is 4. The summed E-state index contributed by atoms with van der Waals surface area (Å²) in [5, 5.41) is 4.97. The average molecular weight is 462 g/mol. The van der Waals surface area contributed by atoms with Crippen LogP contribution in [0.4, 0.5) is 4.79 Å². The zero-order chi connectivity index (χ0) is 23.7. The maximum Gasteiger partial charge on any atom is 0.325 e. The van der Waals surface area contributed by atoms with Crippen molar-refractivity contribution in [3.63, 3.8) is 0 Å². The van der Waals surface area contributed by atoms with Crippen LogP contribution in [0.15, 0.2) is 42.5 Å². The number of carbonyl (C=O) groups excluding carboxylic acids is 3. The smallest absolute Gasteiger partial charge is 0.325 e. The highest BCUT2D eigenvalue weighted by Crippen LogP contribution is 2.33. The molecule has 3 aliphatic rings. The Morgan fingerprint density at radius 2 is 1.50 bits per heavy atom. The molecule has 2 saturated carbocycles. The molecule has 3 fully saturated rings. The molecule has 1 aliphatic heterocycles. The molecule has 1 atom stereocenters. The molecule has 0 aromatic heterocycles. The number of benzene rings is 2. The zero-order valence-corrected chi connectivity index (χ0v) is 20.1. The minimum absolute atomic E-state index is 0.0786. The molecule has 180 valence electrons. The third-order valence-electron chi connectivity index (χ3n) is 8.12. The van der Waals surface area contributed by atoms with Crippen LogP contribution in [-0.4, -0.2) is 46.3 Å². The first kappa shape index (κ1) is 22.9. The van der Waals surface area contributed by atoms with Crippen LogP contribution in [0.1, 0.15) is 76.7 Å². The molecular formula is C28H35N3O3. The fourth-order valence-electron chi connectivity index (χ4n) is 6.18. The molecule has 1 N–H and O–H groups in total. The van der Waals surface area contributed by atoms with Crippen LogP contribution < -0.4 is 5.32 Å². The summed E-state index contributed by atoms with van der Waals surface area (Å²) in [6.07, 6.45) is 11.1. The fourth-order valence-corrected chi connectivity index (χ4v) is 6.18. The second-order valence-electron chi connectivity index (χ2n) is 10.4. The van der Waals surface area contributed by atoms with Crippen LogP contribution in [0, 0.1) is 0 Å². The Labute approximate surface area is 201 Å². The zero-order valence-electron chi connectivity index (χ0n) is 20.1. The van der Waals surface area contributed by atoms with Crippen LogP contribution >= 0.6 is 0 Å². The molecule has 0 radical (unpaired) electrons. The lowest BCUT2D eigenvalue weighted by Crippen LogP contribution is -2.53. The van der Waals surface area contributed by atoms with Crippen LogP contribution in [0.5, 0.6) is 0 Å². The molecule has 6 nitrogen and oxygen atoms in total. The maximum absolute atomic E-state index is 13.7. The van der Waals surface area contributed by atoms with E-state index in [1.165, 1.54) is 12.8 Å². The van der Waals surface area contributed by atoms with Crippen molar-refractivity contribution in [1.29, 1.82) is 0 Å². The monoisotopic (exact) mass is 461 g/mol. The second-order valence-corrected chi connectivity index (χ2v) is 10.4. The Morgan fingerprint density at radius 3 is 2.12 bits per heavy atom. The summed E-state index contributed by atoms with van der Waals surface area (Å²) < 4.78 is 0. The highest BCUT2D eigenvalue weighted by atomic mass is 16.2. The van der Waals surface area contributed by atoms with Crippen LogP contribution in [0.2, 0.25) is 0 Å². The van der Waals surface area contributed by atoms with E-state index < -0.39 is 11.6 Å². The number of carbonyl (C=O) groups is 3. The normalized spacial score (nSPS) is 24.4. The molecule has 1 unspecified atom stereocenters. The van der Waals surface area contributed by atoms with Crippen molar-refractivity contribution in [2.75, 3.05) is 6.54 Å². The topological polar surface area (TPSA) is 69.7 Å². The number of urea groups is 1. The van der Waals surface area contributed by atoms with Gasteiger partial charge in [-0.1, -0.05) is 74.9 Å². The molecule has 2 aromatic carbocycles. The number of fused-ring (bicyclic) bond motifs is 1. The Hall–Kier alpha value is -2.89. The van der Waals surface area contributed by atoms with Crippen molar-refractivity contribution in [2.45, 2.75) is 88.8 Å². The van der Waals surface area contributed by atoms with E-state index in [2.05, 4.69) is 10.2 Å². The Morgan fingerprint density at radius 1 is 0.912 bits per heavy atom. The van der Waals surface area contributed by atoms with Gasteiger partial charge < -0.3 is 10.2 Å². The number of hydrogen-bond donors (Lipinski definition) is 1. The number of rotatable bonds is 5. The Kier molecular flexibility index (Phi) is 6.32. The van der Waals surface area contributed by atoms with Gasteiger partial charge in [0, 0.05) is 12.1 Å². The summed E-state index contributed by atoms with van der Waals surface area (Å²) in [7, 11) is 0. The first-order valence-electron chi connectivity index (χ1n) is 12.9. The fraction of sp³-hybridized carbons (Fsp3) is 0.536. The molecule has 2 aromatic rings. The van der Waals surface area contributed by atoms with Gasteiger partial charge in [0.15, 0.2) is 0 Å². The van der Waals surface area contributed by atoms with Gasteiger partial charge >= 0.3 is 6.03 Å². The summed E-state index contributed by atoms with van der Waals surface area (Å²) in [6.45, 7) is 1.56. The first-order valence-corrected chi connectivity index (χ1v) is 12.9. The molecular weight excluding hydrogens is 426 g/mol. The lowest BCUT2D eigenvalue weighted by molar-refractivity contribution is -0.143. The minimum atomic E-state index is -1.18. The summed E-state index contributed by atoms with van der Waals surface area (Å²) in [6, 6.07) is 13.7. The third-order valence-corrected chi connectivity index (χ3v) is 8.12. The van der Waals surface area contributed by atoms with Crippen molar-refractivity contribution in [2.24, 2.45) is 0 Å². The Balaban J connectivity index is 1.37. The van der Waals surface area contributed by atoms with Crippen LogP contribution in [0.25, 0.3) is 10.8 Å². The quantitative estimate of drug-likeness (QED) is 0.630. The number of imide groups is 1. The van der Waals surface area contributed by atoms with Gasteiger partial charge in [0.2, 0.25) is 5.91 Å². The molecule has 1 saturated heterocycles. The average Bonchev–Trinajstić information content (AvgIpc) is 3.09. The van der Waals surface area contributed by atoms with Gasteiger partial charge in [0.1, 0.15) is 12.1 Å². The molecule has 5 rings (SSSR count). The van der Waals surface area contributed by atoms with Gasteiger partial charge in [-0.3, -0.25) is 14.5 Å². The molecule has 34 heavy (non-hydrogen) atoms. The van der Waals surface area contributed by atoms with E-state index in [-0.39, 0.29) is 30.4 Å². The summed E-state index contributed by atoms with van der Waals surface area (Å²) in [4.78, 5) is 43.4. The predicted octanol–water partition coefficient (Wildman–Crippen LogP) is 5.10. The predicted molar refractivity (Wildman–Crippen MR) is 132 cm³/mol. The molecule has 6 heteroatoms. The number of hydrogen-bond acceptors (Lipinski definition) is 3. The SMILES string of the molecule is CC1(c2ccc3ccccc3c2)NC(=O)N(CC(=O)N(C2CCCCC2)C2CCCCC2)C1=O. The van der Waals surface area contributed by atoms with Crippen molar-refractivity contribution < 1.29 is 14.4 Å². The number of nitrogens with zero attached hydrogens (tertiary/aromatic N) is 2. The molecule has 0 bridgehead atoms. The molecule has 2 aliphatic carbocycles. The van der Waals surface area contributed by atoms with Gasteiger partial charge in [-0.15, -0.1) is 0 Å². The summed E-state index contributed by atoms with van der Waals surface area (Å²) >= 11 is 0. The maximum atomic E-state index is 13.7. The molecule has 0 spiro atoms. The van der Waals surface area contributed by atoms with Crippen LogP contribution in [-0.2, 0) is 15.1 Å². The van der Waals surface area contributed by atoms with Crippen molar-refractivity contribution in [3.05, 3.63) is 48.0 Å². The second kappa shape index (κ2) is 9.40. The molecule has 1 heterocycles. The highest BCUT2D eigenvalue weighted by Gasteiger charge is 2.50. The summed E-state index contributed by atoms with van der Waals surface area (Å²) in [5.74, 6) is -0.432. The highest BCUT2D eigenvalue weighted by molar-refractivity contribution is 6.09. The van der Waals surface area contributed by atoms with Gasteiger partial charge in [0.05, 0.1) is 0 Å². The standard InChI is InChI=1S/C28H35N3O3/c1-28(22-17-16-20-10-8-9-11-21(20)18-22)26(33)30(27(34)29-28)19-25(32)31(23-12-4-2-5-13-23)24-14-6-3-7-15-24/h8-11,16-18,23-24H,2-7,12-15,19H2,1H3,(H,29,34). The molecule has 4 amide bonds. The largest absolute Gasteiger partial charge is 0.335 e. The number of nitrogens with one attached hydrogen (secondary N) is 1. The van der Waals surface area contributed by atoms with Crippen LogP contribution in [0.3, 0.4) is 0 Å². The van der Waals surface area contributed by atoms with E-state index in [9.17, 15) is 14.4 Å². The van der Waals surface area contributed by atoms with Gasteiger partial charge in [0.25, 0.3) is 5.91 Å². The minimum Gasteiger partial charge on any atom is -0.335 e. The van der Waals surface area contributed by atoms with E-state index in [0.717, 1.165) is 72.6 Å². The van der Waals surface area contributed by atoms with Gasteiger partial charge in [-0.05, 0) is 55.0 Å². The lowest BCUT2D eigenvalue weighted by Gasteiger charge is -2.42. The third kappa shape index (κ3) is 4.19. The van der Waals surface area contributed by atoms with Gasteiger partial charge in [-0.25, -0.2) is 4.79 Å². The van der Waals surface area contributed by atoms with Crippen molar-refractivity contribution in [3.8, 4) is 0 Å². The first-order chi connectivity index (χ1) is 16.5. The van der Waals surface area contributed by atoms with Gasteiger partial charge in [-0.2, -0.15) is 0 Å². The van der Waals surface area contributed by atoms with E-state index in [0.29, 0.717) is 0 Å². The van der Waals surface area contributed by atoms with E-state index in [1.54, 1.807) is 6.92 Å².